The summed E-state index contributed by atoms with van der Waals surface area (Å²) in [5, 5.41) is 8.45. The van der Waals surface area contributed by atoms with E-state index < -0.39 is 5.97 Å². The highest BCUT2D eigenvalue weighted by atomic mass is 35.5. The van der Waals surface area contributed by atoms with Crippen LogP contribution in [0.4, 0.5) is 0 Å². The average molecular weight is 245 g/mol. The minimum atomic E-state index is -0.728. The number of hydrogen-bond acceptors (Lipinski definition) is 3. The van der Waals surface area contributed by atoms with Gasteiger partial charge in [-0.1, -0.05) is 0 Å². The summed E-state index contributed by atoms with van der Waals surface area (Å²) in [5.74, 6) is -0.728. The lowest BCUT2D eigenvalue weighted by atomic mass is 10.1. The van der Waals surface area contributed by atoms with Gasteiger partial charge in [0.25, 0.3) is 0 Å². The predicted octanol–water partition coefficient (Wildman–Crippen LogP) is 0.728. The number of aliphatic carboxylic acids is 1. The number of rotatable bonds is 3. The Morgan fingerprint density at radius 2 is 2.14 bits per heavy atom. The molecule has 1 unspecified atom stereocenters. The van der Waals surface area contributed by atoms with E-state index in [-0.39, 0.29) is 37.3 Å². The van der Waals surface area contributed by atoms with E-state index in [1.54, 1.807) is 0 Å². The van der Waals surface area contributed by atoms with Crippen LogP contribution in [0.5, 0.6) is 0 Å². The highest BCUT2D eigenvalue weighted by molar-refractivity contribution is 5.85. The lowest BCUT2D eigenvalue weighted by molar-refractivity contribution is -0.137. The highest BCUT2D eigenvalue weighted by Gasteiger charge is 2.16. The molecule has 1 aliphatic rings. The second kappa shape index (κ2) is 8.29. The lowest BCUT2D eigenvalue weighted by Gasteiger charge is -2.29. The van der Waals surface area contributed by atoms with E-state index in [2.05, 4.69) is 4.90 Å². The third kappa shape index (κ3) is 6.43. The van der Waals surface area contributed by atoms with Crippen LogP contribution in [0.3, 0.4) is 0 Å². The molecule has 0 spiro atoms. The summed E-state index contributed by atoms with van der Waals surface area (Å²) in [7, 11) is 0. The van der Waals surface area contributed by atoms with Crippen molar-refractivity contribution < 1.29 is 9.90 Å². The molecule has 6 heteroatoms. The maximum absolute atomic E-state index is 10.3. The second-order valence-electron chi connectivity index (χ2n) is 3.35. The van der Waals surface area contributed by atoms with Crippen LogP contribution in [0.1, 0.15) is 19.3 Å². The number of nitrogens with two attached hydrogens (primary N) is 1. The first-order chi connectivity index (χ1) is 5.68. The topological polar surface area (TPSA) is 66.6 Å². The Kier molecular flexibility index (Phi) is 9.72. The number of piperidine rings is 1. The second-order valence-corrected chi connectivity index (χ2v) is 3.35. The Balaban J connectivity index is 0. The zero-order chi connectivity index (χ0) is 8.97. The molecule has 1 heterocycles. The number of likely N-dealkylation sites (tertiary alicyclic amines) is 1. The molecular formula is C8H18Cl2N2O2. The van der Waals surface area contributed by atoms with Crippen molar-refractivity contribution in [3.8, 4) is 0 Å². The largest absolute Gasteiger partial charge is 0.481 e. The van der Waals surface area contributed by atoms with Crippen molar-refractivity contribution in [3.05, 3.63) is 0 Å². The lowest BCUT2D eigenvalue weighted by Crippen LogP contribution is -2.43. The molecule has 4 nitrogen and oxygen atoms in total. The third-order valence-electron chi connectivity index (χ3n) is 2.18. The maximum Gasteiger partial charge on any atom is 0.304 e. The third-order valence-corrected chi connectivity index (χ3v) is 2.18. The minimum absolute atomic E-state index is 0. The van der Waals surface area contributed by atoms with Crippen molar-refractivity contribution in [1.29, 1.82) is 0 Å². The summed E-state index contributed by atoms with van der Waals surface area (Å²) in [4.78, 5) is 12.4. The smallest absolute Gasteiger partial charge is 0.304 e. The van der Waals surface area contributed by atoms with Gasteiger partial charge in [-0.15, -0.1) is 24.8 Å². The fraction of sp³-hybridized carbons (Fsp3) is 0.875. The van der Waals surface area contributed by atoms with Crippen molar-refractivity contribution in [1.82, 2.24) is 4.90 Å². The molecule has 14 heavy (non-hydrogen) atoms. The number of carbonyl (C=O) groups is 1. The Morgan fingerprint density at radius 3 is 2.64 bits per heavy atom. The van der Waals surface area contributed by atoms with E-state index in [1.807, 2.05) is 0 Å². The number of carboxylic acids is 1. The predicted molar refractivity (Wildman–Crippen MR) is 60.4 cm³/mol. The van der Waals surface area contributed by atoms with Crippen molar-refractivity contribution in [3.63, 3.8) is 0 Å². The number of hydrogen-bond donors (Lipinski definition) is 2. The van der Waals surface area contributed by atoms with Gasteiger partial charge in [0.15, 0.2) is 0 Å². The number of nitrogens with zero attached hydrogens (tertiary/aromatic N) is 1. The monoisotopic (exact) mass is 244 g/mol. The van der Waals surface area contributed by atoms with E-state index in [0.717, 1.165) is 25.9 Å². The van der Waals surface area contributed by atoms with Crippen molar-refractivity contribution in [2.45, 2.75) is 25.3 Å². The molecular weight excluding hydrogens is 227 g/mol. The van der Waals surface area contributed by atoms with Gasteiger partial charge in [-0.25, -0.2) is 0 Å². The fourth-order valence-corrected chi connectivity index (χ4v) is 1.55. The molecule has 0 radical (unpaired) electrons. The fourth-order valence-electron chi connectivity index (χ4n) is 1.55. The molecule has 1 fully saturated rings. The van der Waals surface area contributed by atoms with E-state index in [4.69, 9.17) is 10.8 Å². The summed E-state index contributed by atoms with van der Waals surface area (Å²) in [6, 6.07) is 0.243. The van der Waals surface area contributed by atoms with E-state index >= 15 is 0 Å². The van der Waals surface area contributed by atoms with Gasteiger partial charge in [0.05, 0.1) is 6.42 Å². The Morgan fingerprint density at radius 1 is 1.50 bits per heavy atom. The average Bonchev–Trinajstić information content (AvgIpc) is 2.01. The first-order valence-corrected chi connectivity index (χ1v) is 4.38. The van der Waals surface area contributed by atoms with Crippen LogP contribution in [0.25, 0.3) is 0 Å². The Bertz CT molecular complexity index is 169. The quantitative estimate of drug-likeness (QED) is 0.769. The number of halogens is 2. The van der Waals surface area contributed by atoms with Gasteiger partial charge in [0, 0.05) is 19.1 Å². The molecule has 0 aromatic carbocycles. The van der Waals surface area contributed by atoms with Crippen LogP contribution in [-0.4, -0.2) is 41.7 Å². The molecule has 1 aliphatic heterocycles. The Hall–Kier alpha value is -0.0300. The van der Waals surface area contributed by atoms with Crippen LogP contribution in [0, 0.1) is 0 Å². The molecule has 0 aromatic rings. The minimum Gasteiger partial charge on any atom is -0.481 e. The van der Waals surface area contributed by atoms with Gasteiger partial charge in [-0.3, -0.25) is 4.79 Å². The zero-order valence-corrected chi connectivity index (χ0v) is 9.65. The standard InChI is InChI=1S/C8H16N2O2.2ClH/c9-7-2-1-4-10(6-7)5-3-8(11)12;;/h7H,1-6,9H2,(H,11,12);2*1H. The first kappa shape index (κ1) is 16.4. The van der Waals surface area contributed by atoms with E-state index in [1.165, 1.54) is 0 Å². The van der Waals surface area contributed by atoms with Crippen molar-refractivity contribution in [2.24, 2.45) is 5.73 Å². The van der Waals surface area contributed by atoms with Crippen LogP contribution in [-0.2, 0) is 4.79 Å². The van der Waals surface area contributed by atoms with Crippen molar-refractivity contribution >= 4 is 30.8 Å². The summed E-state index contributed by atoms with van der Waals surface area (Å²) in [6.07, 6.45) is 2.40. The summed E-state index contributed by atoms with van der Waals surface area (Å²) in [6.45, 7) is 2.50. The van der Waals surface area contributed by atoms with E-state index in [9.17, 15) is 4.79 Å². The summed E-state index contributed by atoms with van der Waals surface area (Å²) < 4.78 is 0. The molecule has 0 bridgehead atoms. The van der Waals surface area contributed by atoms with Crippen LogP contribution in [0.2, 0.25) is 0 Å². The molecule has 0 saturated carbocycles. The maximum atomic E-state index is 10.3. The van der Waals surface area contributed by atoms with Crippen LogP contribution >= 0.6 is 24.8 Å². The van der Waals surface area contributed by atoms with Gasteiger partial charge < -0.3 is 15.7 Å². The normalized spacial score (nSPS) is 21.9. The van der Waals surface area contributed by atoms with Crippen LogP contribution < -0.4 is 5.73 Å². The van der Waals surface area contributed by atoms with Gasteiger partial charge in [-0.2, -0.15) is 0 Å². The summed E-state index contributed by atoms with van der Waals surface area (Å²) >= 11 is 0. The summed E-state index contributed by atoms with van der Waals surface area (Å²) in [5.41, 5.74) is 5.74. The molecule has 1 rings (SSSR count). The molecule has 1 saturated heterocycles. The molecule has 0 aromatic heterocycles. The molecule has 3 N–H and O–H groups in total. The SMILES string of the molecule is Cl.Cl.NC1CCCN(CCC(=O)O)C1. The van der Waals surface area contributed by atoms with E-state index in [0.29, 0.717) is 6.54 Å². The van der Waals surface area contributed by atoms with Gasteiger partial charge in [0.2, 0.25) is 0 Å². The van der Waals surface area contributed by atoms with Gasteiger partial charge >= 0.3 is 5.97 Å². The highest BCUT2D eigenvalue weighted by Crippen LogP contribution is 2.07. The molecule has 0 aliphatic carbocycles. The Labute approximate surface area is 96.6 Å². The number of carboxylic acid groups (broad SMARTS) is 1. The molecule has 1 atom stereocenters. The van der Waals surface area contributed by atoms with Crippen molar-refractivity contribution in [2.75, 3.05) is 19.6 Å². The zero-order valence-electron chi connectivity index (χ0n) is 8.02. The molecule has 86 valence electrons. The van der Waals surface area contributed by atoms with Gasteiger partial charge in [0.1, 0.15) is 0 Å². The van der Waals surface area contributed by atoms with Gasteiger partial charge in [-0.05, 0) is 19.4 Å². The first-order valence-electron chi connectivity index (χ1n) is 4.38. The van der Waals surface area contributed by atoms with Crippen LogP contribution in [0.15, 0.2) is 0 Å². The molecule has 0 amide bonds.